The van der Waals surface area contributed by atoms with Gasteiger partial charge in [-0.15, -0.1) is 6.42 Å². The van der Waals surface area contributed by atoms with Crippen molar-refractivity contribution in [3.8, 4) is 12.3 Å². The Morgan fingerprint density at radius 1 is 1.43 bits per heavy atom. The fourth-order valence-corrected chi connectivity index (χ4v) is 3.54. The standard InChI is InChI=1S/C17H16N2O3S/c1-4-5-19-13-9-11(2)8-12(3)15(13)23-17(19)18-16(20)14-10-21-6-7-22-14/h1,8-10H,5-7H2,2-3H3. The highest BCUT2D eigenvalue weighted by Gasteiger charge is 2.16. The highest BCUT2D eigenvalue weighted by atomic mass is 32.1. The molecule has 0 N–H and O–H groups in total. The summed E-state index contributed by atoms with van der Waals surface area (Å²) in [5, 5.41) is 0. The Morgan fingerprint density at radius 2 is 2.26 bits per heavy atom. The Hall–Kier alpha value is -2.52. The van der Waals surface area contributed by atoms with Crippen LogP contribution in [0.2, 0.25) is 0 Å². The summed E-state index contributed by atoms with van der Waals surface area (Å²) in [7, 11) is 0. The van der Waals surface area contributed by atoms with E-state index in [0.717, 1.165) is 21.3 Å². The molecule has 0 saturated carbocycles. The number of thiazole rings is 1. The molecule has 5 nitrogen and oxygen atoms in total. The fourth-order valence-electron chi connectivity index (χ4n) is 2.46. The first kappa shape index (κ1) is 15.4. The molecular formula is C17H16N2O3S. The van der Waals surface area contributed by atoms with E-state index in [4.69, 9.17) is 15.9 Å². The number of aryl methyl sites for hydroxylation is 2. The Balaban J connectivity index is 2.16. The summed E-state index contributed by atoms with van der Waals surface area (Å²) < 4.78 is 13.3. The number of nitrogens with zero attached hydrogens (tertiary/aromatic N) is 2. The largest absolute Gasteiger partial charge is 0.494 e. The third-order valence-electron chi connectivity index (χ3n) is 3.42. The van der Waals surface area contributed by atoms with E-state index in [1.807, 2.05) is 18.4 Å². The van der Waals surface area contributed by atoms with Gasteiger partial charge in [-0.05, 0) is 31.0 Å². The van der Waals surface area contributed by atoms with Crippen LogP contribution in [-0.4, -0.2) is 23.7 Å². The molecule has 6 heteroatoms. The Bertz CT molecular complexity index is 912. The van der Waals surface area contributed by atoms with Crippen LogP contribution in [0.1, 0.15) is 11.1 Å². The topological polar surface area (TPSA) is 52.8 Å². The van der Waals surface area contributed by atoms with E-state index in [1.165, 1.54) is 17.6 Å². The Labute approximate surface area is 137 Å². The van der Waals surface area contributed by atoms with Crippen molar-refractivity contribution in [2.24, 2.45) is 4.99 Å². The smallest absolute Gasteiger partial charge is 0.317 e. The maximum atomic E-state index is 12.3. The molecule has 0 bridgehead atoms. The monoisotopic (exact) mass is 328 g/mol. The summed E-state index contributed by atoms with van der Waals surface area (Å²) in [4.78, 5) is 17.0. The predicted molar refractivity (Wildman–Crippen MR) is 88.7 cm³/mol. The summed E-state index contributed by atoms with van der Waals surface area (Å²) in [6.45, 7) is 5.21. The van der Waals surface area contributed by atoms with Crippen LogP contribution >= 0.6 is 11.3 Å². The van der Waals surface area contributed by atoms with Gasteiger partial charge in [0.1, 0.15) is 19.5 Å². The van der Waals surface area contributed by atoms with E-state index in [0.29, 0.717) is 24.6 Å². The van der Waals surface area contributed by atoms with Crippen molar-refractivity contribution >= 4 is 27.5 Å². The molecule has 0 saturated heterocycles. The first-order valence-electron chi connectivity index (χ1n) is 7.18. The molecule has 1 aromatic heterocycles. The number of terminal acetylenes is 1. The number of fused-ring (bicyclic) bond motifs is 1. The van der Waals surface area contributed by atoms with E-state index in [-0.39, 0.29) is 5.76 Å². The van der Waals surface area contributed by atoms with E-state index in [2.05, 4.69) is 23.0 Å². The minimum atomic E-state index is -0.462. The second kappa shape index (κ2) is 6.31. The zero-order valence-corrected chi connectivity index (χ0v) is 13.8. The zero-order chi connectivity index (χ0) is 16.4. The molecular weight excluding hydrogens is 312 g/mol. The normalized spacial score (nSPS) is 14.8. The number of benzene rings is 1. The molecule has 23 heavy (non-hydrogen) atoms. The number of amides is 1. The molecule has 118 valence electrons. The van der Waals surface area contributed by atoms with Crippen LogP contribution in [0.4, 0.5) is 0 Å². The minimum Gasteiger partial charge on any atom is -0.494 e. The summed E-state index contributed by atoms with van der Waals surface area (Å²) in [5.74, 6) is 2.28. The van der Waals surface area contributed by atoms with Gasteiger partial charge in [-0.2, -0.15) is 4.99 Å². The average Bonchev–Trinajstić information content (AvgIpc) is 2.87. The molecule has 0 spiro atoms. The van der Waals surface area contributed by atoms with Crippen molar-refractivity contribution in [2.75, 3.05) is 13.2 Å². The number of hydrogen-bond acceptors (Lipinski definition) is 4. The quantitative estimate of drug-likeness (QED) is 0.795. The number of carbonyl (C=O) groups is 1. The molecule has 0 fully saturated rings. The van der Waals surface area contributed by atoms with Gasteiger partial charge in [0, 0.05) is 0 Å². The highest BCUT2D eigenvalue weighted by molar-refractivity contribution is 7.16. The third kappa shape index (κ3) is 3.01. The van der Waals surface area contributed by atoms with Gasteiger partial charge in [-0.25, -0.2) is 0 Å². The van der Waals surface area contributed by atoms with Gasteiger partial charge < -0.3 is 14.0 Å². The van der Waals surface area contributed by atoms with Gasteiger partial charge in [0.25, 0.3) is 0 Å². The van der Waals surface area contributed by atoms with Crippen molar-refractivity contribution in [1.82, 2.24) is 4.57 Å². The van der Waals surface area contributed by atoms with Crippen molar-refractivity contribution in [2.45, 2.75) is 20.4 Å². The second-order valence-corrected chi connectivity index (χ2v) is 6.20. The van der Waals surface area contributed by atoms with Crippen LogP contribution in [0.3, 0.4) is 0 Å². The molecule has 3 rings (SSSR count). The maximum Gasteiger partial charge on any atom is 0.317 e. The Morgan fingerprint density at radius 3 is 2.96 bits per heavy atom. The van der Waals surface area contributed by atoms with Crippen LogP contribution in [0.5, 0.6) is 0 Å². The lowest BCUT2D eigenvalue weighted by Crippen LogP contribution is -2.19. The lowest BCUT2D eigenvalue weighted by molar-refractivity contribution is -0.119. The van der Waals surface area contributed by atoms with E-state index >= 15 is 0 Å². The second-order valence-electron chi connectivity index (χ2n) is 5.22. The van der Waals surface area contributed by atoms with Gasteiger partial charge in [-0.3, -0.25) is 4.79 Å². The van der Waals surface area contributed by atoms with Crippen molar-refractivity contribution in [3.63, 3.8) is 0 Å². The molecule has 0 unspecified atom stereocenters. The first-order valence-corrected chi connectivity index (χ1v) is 7.99. The Kier molecular flexibility index (Phi) is 4.22. The summed E-state index contributed by atoms with van der Waals surface area (Å²) in [5.41, 5.74) is 3.27. The molecule has 1 aliphatic rings. The number of rotatable bonds is 2. The van der Waals surface area contributed by atoms with Gasteiger partial charge in [-0.1, -0.05) is 23.3 Å². The highest BCUT2D eigenvalue weighted by Crippen LogP contribution is 2.23. The van der Waals surface area contributed by atoms with Crippen molar-refractivity contribution in [1.29, 1.82) is 0 Å². The zero-order valence-electron chi connectivity index (χ0n) is 13.0. The fraction of sp³-hybridized carbons (Fsp3) is 0.294. The van der Waals surface area contributed by atoms with Crippen molar-refractivity contribution < 1.29 is 14.3 Å². The molecule has 2 aromatic rings. The SMILES string of the molecule is C#CCn1c(=NC(=O)C2=COCCO2)sc2c(C)cc(C)cc21. The molecule has 0 atom stereocenters. The average molecular weight is 328 g/mol. The third-order valence-corrected chi connectivity index (χ3v) is 4.65. The maximum absolute atomic E-state index is 12.3. The molecule has 1 aliphatic heterocycles. The number of aromatic nitrogens is 1. The number of hydrogen-bond donors (Lipinski definition) is 0. The molecule has 0 aliphatic carbocycles. The van der Waals surface area contributed by atoms with Crippen LogP contribution in [0.15, 0.2) is 29.1 Å². The van der Waals surface area contributed by atoms with Gasteiger partial charge in [0.2, 0.25) is 5.76 Å². The van der Waals surface area contributed by atoms with Gasteiger partial charge in [0.05, 0.1) is 16.8 Å². The molecule has 1 aromatic carbocycles. The lowest BCUT2D eigenvalue weighted by Gasteiger charge is -2.12. The summed E-state index contributed by atoms with van der Waals surface area (Å²) >= 11 is 1.45. The predicted octanol–water partition coefficient (Wildman–Crippen LogP) is 2.27. The molecule has 0 radical (unpaired) electrons. The lowest BCUT2D eigenvalue weighted by atomic mass is 10.1. The minimum absolute atomic E-state index is 0.119. The molecule has 1 amide bonds. The van der Waals surface area contributed by atoms with E-state index < -0.39 is 5.91 Å². The van der Waals surface area contributed by atoms with Gasteiger partial charge in [0.15, 0.2) is 4.80 Å². The van der Waals surface area contributed by atoms with Crippen molar-refractivity contribution in [3.05, 3.63) is 40.1 Å². The molecule has 2 heterocycles. The van der Waals surface area contributed by atoms with Crippen LogP contribution in [0.25, 0.3) is 10.2 Å². The van der Waals surface area contributed by atoms with Crippen LogP contribution in [-0.2, 0) is 20.8 Å². The number of ether oxygens (including phenoxy) is 2. The van der Waals surface area contributed by atoms with E-state index in [1.54, 1.807) is 0 Å². The van der Waals surface area contributed by atoms with Crippen LogP contribution in [0, 0.1) is 26.2 Å². The van der Waals surface area contributed by atoms with Gasteiger partial charge >= 0.3 is 5.91 Å². The summed E-state index contributed by atoms with van der Waals surface area (Å²) in [6.07, 6.45) is 6.79. The van der Waals surface area contributed by atoms with Crippen LogP contribution < -0.4 is 4.80 Å². The number of carbonyl (C=O) groups excluding carboxylic acids is 1. The summed E-state index contributed by atoms with van der Waals surface area (Å²) in [6, 6.07) is 4.16. The van der Waals surface area contributed by atoms with E-state index in [9.17, 15) is 4.79 Å². The first-order chi connectivity index (χ1) is 11.1.